The number of carbonyl (C=O) groups is 2. The van der Waals surface area contributed by atoms with Gasteiger partial charge in [0.1, 0.15) is 11.3 Å². The number of hydrogen-bond acceptors (Lipinski definition) is 3. The van der Waals surface area contributed by atoms with E-state index in [4.69, 9.17) is 11.6 Å². The Bertz CT molecular complexity index is 949. The number of hydrogen-bond donors (Lipinski definition) is 2. The van der Waals surface area contributed by atoms with E-state index < -0.39 is 0 Å². The summed E-state index contributed by atoms with van der Waals surface area (Å²) in [5, 5.41) is 5.82. The summed E-state index contributed by atoms with van der Waals surface area (Å²) in [5.74, 6) is -0.695. The molecule has 0 aliphatic rings. The maximum atomic E-state index is 12.5. The number of imidazole rings is 1. The van der Waals surface area contributed by atoms with Crippen molar-refractivity contribution in [1.82, 2.24) is 9.38 Å². The molecule has 0 aliphatic heterocycles. The standard InChI is InChI=1S/C17H13ClN4O2/c1-2-16(23)20-11-7-8-15-19-9-14(22(15)10-11)17(24)21-13-6-4-3-5-12(13)18/h2-10H,1H2,(H,20,23)(H,21,24). The van der Waals surface area contributed by atoms with Crippen LogP contribution in [0.4, 0.5) is 11.4 Å². The number of carbonyl (C=O) groups excluding carboxylic acids is 2. The molecule has 24 heavy (non-hydrogen) atoms. The second-order valence-corrected chi connectivity index (χ2v) is 5.32. The van der Waals surface area contributed by atoms with Crippen molar-refractivity contribution in [3.63, 3.8) is 0 Å². The van der Waals surface area contributed by atoms with Gasteiger partial charge in [0, 0.05) is 6.20 Å². The molecule has 3 aromatic rings. The van der Waals surface area contributed by atoms with Gasteiger partial charge in [-0.25, -0.2) is 4.98 Å². The van der Waals surface area contributed by atoms with Crippen LogP contribution in [0.25, 0.3) is 5.65 Å². The third-order valence-electron chi connectivity index (χ3n) is 3.31. The van der Waals surface area contributed by atoms with E-state index in [1.165, 1.54) is 12.3 Å². The Morgan fingerprint density at radius 1 is 1.17 bits per heavy atom. The molecule has 0 aliphatic carbocycles. The van der Waals surface area contributed by atoms with Crippen molar-refractivity contribution in [2.45, 2.75) is 0 Å². The Labute approximate surface area is 142 Å². The van der Waals surface area contributed by atoms with Gasteiger partial charge in [0.25, 0.3) is 5.91 Å². The number of benzene rings is 1. The van der Waals surface area contributed by atoms with Gasteiger partial charge in [-0.2, -0.15) is 0 Å². The topological polar surface area (TPSA) is 75.5 Å². The fraction of sp³-hybridized carbons (Fsp3) is 0. The average molecular weight is 341 g/mol. The predicted molar refractivity (Wildman–Crippen MR) is 93.4 cm³/mol. The minimum Gasteiger partial charge on any atom is -0.321 e. The van der Waals surface area contributed by atoms with Crippen LogP contribution in [0.2, 0.25) is 5.02 Å². The second kappa shape index (κ2) is 6.55. The summed E-state index contributed by atoms with van der Waals surface area (Å²) in [6.45, 7) is 3.40. The van der Waals surface area contributed by atoms with Crippen molar-refractivity contribution < 1.29 is 9.59 Å². The molecule has 2 N–H and O–H groups in total. The SMILES string of the molecule is C=CC(=O)Nc1ccc2ncc(C(=O)Nc3ccccc3Cl)n2c1. The van der Waals surface area contributed by atoms with Crippen LogP contribution in [0.5, 0.6) is 0 Å². The molecule has 6 nitrogen and oxygen atoms in total. The molecular formula is C17H13ClN4O2. The number of aromatic nitrogens is 2. The molecule has 2 aromatic heterocycles. The lowest BCUT2D eigenvalue weighted by molar-refractivity contribution is -0.111. The molecule has 7 heteroatoms. The fourth-order valence-electron chi connectivity index (χ4n) is 2.16. The Hall–Kier alpha value is -3.12. The van der Waals surface area contributed by atoms with Crippen molar-refractivity contribution in [3.8, 4) is 0 Å². The highest BCUT2D eigenvalue weighted by atomic mass is 35.5. The molecule has 0 radical (unpaired) electrons. The van der Waals surface area contributed by atoms with E-state index in [0.29, 0.717) is 27.7 Å². The van der Waals surface area contributed by atoms with Crippen LogP contribution in [0.1, 0.15) is 10.5 Å². The normalized spacial score (nSPS) is 10.4. The number of halogens is 1. The molecule has 2 heterocycles. The molecule has 0 unspecified atom stereocenters. The number of para-hydroxylation sites is 1. The maximum Gasteiger partial charge on any atom is 0.274 e. The number of pyridine rings is 1. The molecular weight excluding hydrogens is 328 g/mol. The largest absolute Gasteiger partial charge is 0.321 e. The summed E-state index contributed by atoms with van der Waals surface area (Å²) < 4.78 is 1.59. The van der Waals surface area contributed by atoms with Gasteiger partial charge in [-0.15, -0.1) is 0 Å². The molecule has 0 bridgehead atoms. The number of nitrogens with zero attached hydrogens (tertiary/aromatic N) is 2. The summed E-state index contributed by atoms with van der Waals surface area (Å²) in [4.78, 5) is 28.1. The Morgan fingerprint density at radius 3 is 2.71 bits per heavy atom. The zero-order valence-corrected chi connectivity index (χ0v) is 13.2. The lowest BCUT2D eigenvalue weighted by Gasteiger charge is -2.08. The molecule has 3 rings (SSSR count). The maximum absolute atomic E-state index is 12.5. The van der Waals surface area contributed by atoms with Crippen LogP contribution in [-0.4, -0.2) is 21.2 Å². The lowest BCUT2D eigenvalue weighted by Crippen LogP contribution is -2.15. The summed E-state index contributed by atoms with van der Waals surface area (Å²) in [6, 6.07) is 10.3. The molecule has 0 saturated carbocycles. The van der Waals surface area contributed by atoms with E-state index >= 15 is 0 Å². The minimum atomic E-state index is -0.359. The first-order chi connectivity index (χ1) is 11.6. The van der Waals surface area contributed by atoms with Crippen LogP contribution >= 0.6 is 11.6 Å². The van der Waals surface area contributed by atoms with Gasteiger partial charge >= 0.3 is 0 Å². The van der Waals surface area contributed by atoms with E-state index in [2.05, 4.69) is 22.2 Å². The molecule has 0 spiro atoms. The number of rotatable bonds is 4. The zero-order valence-electron chi connectivity index (χ0n) is 12.5. The van der Waals surface area contributed by atoms with Crippen molar-refractivity contribution in [2.24, 2.45) is 0 Å². The van der Waals surface area contributed by atoms with Crippen molar-refractivity contribution in [1.29, 1.82) is 0 Å². The number of amides is 2. The van der Waals surface area contributed by atoms with Gasteiger partial charge in [0.05, 0.1) is 22.6 Å². The first-order valence-corrected chi connectivity index (χ1v) is 7.42. The molecule has 2 amide bonds. The Morgan fingerprint density at radius 2 is 1.96 bits per heavy atom. The van der Waals surface area contributed by atoms with Crippen molar-refractivity contribution in [2.75, 3.05) is 10.6 Å². The van der Waals surface area contributed by atoms with Crippen LogP contribution in [0.15, 0.2) is 61.4 Å². The van der Waals surface area contributed by atoms with Gasteiger partial charge in [-0.3, -0.25) is 14.0 Å². The van der Waals surface area contributed by atoms with E-state index in [1.54, 1.807) is 47.0 Å². The quantitative estimate of drug-likeness (QED) is 0.715. The van der Waals surface area contributed by atoms with E-state index in [9.17, 15) is 9.59 Å². The molecule has 0 saturated heterocycles. The minimum absolute atomic E-state index is 0.319. The van der Waals surface area contributed by atoms with E-state index in [1.807, 2.05) is 0 Å². The third-order valence-corrected chi connectivity index (χ3v) is 3.64. The summed E-state index contributed by atoms with van der Waals surface area (Å²) in [6.07, 6.45) is 4.25. The summed E-state index contributed by atoms with van der Waals surface area (Å²) in [7, 11) is 0. The first-order valence-electron chi connectivity index (χ1n) is 7.05. The van der Waals surface area contributed by atoms with Crippen molar-refractivity contribution >= 4 is 40.4 Å². The molecule has 0 atom stereocenters. The smallest absolute Gasteiger partial charge is 0.274 e. The molecule has 120 valence electrons. The van der Waals surface area contributed by atoms with Crippen LogP contribution in [0, 0.1) is 0 Å². The zero-order chi connectivity index (χ0) is 17.1. The predicted octanol–water partition coefficient (Wildman–Crippen LogP) is 3.36. The van der Waals surface area contributed by atoms with Gasteiger partial charge in [0.15, 0.2) is 0 Å². The van der Waals surface area contributed by atoms with Crippen LogP contribution in [-0.2, 0) is 4.79 Å². The number of fused-ring (bicyclic) bond motifs is 1. The molecule has 1 aromatic carbocycles. The Kier molecular flexibility index (Phi) is 4.31. The molecule has 0 fully saturated rings. The highest BCUT2D eigenvalue weighted by Crippen LogP contribution is 2.21. The van der Waals surface area contributed by atoms with E-state index in [0.717, 1.165) is 0 Å². The third kappa shape index (κ3) is 3.13. The highest BCUT2D eigenvalue weighted by molar-refractivity contribution is 6.33. The van der Waals surface area contributed by atoms with Gasteiger partial charge in [-0.1, -0.05) is 30.3 Å². The van der Waals surface area contributed by atoms with Gasteiger partial charge in [0.2, 0.25) is 5.91 Å². The summed E-state index contributed by atoms with van der Waals surface area (Å²) >= 11 is 6.05. The van der Waals surface area contributed by atoms with Crippen molar-refractivity contribution in [3.05, 3.63) is 72.2 Å². The van der Waals surface area contributed by atoms with E-state index in [-0.39, 0.29) is 11.8 Å². The van der Waals surface area contributed by atoms with Crippen LogP contribution < -0.4 is 10.6 Å². The monoisotopic (exact) mass is 340 g/mol. The van der Waals surface area contributed by atoms with Gasteiger partial charge < -0.3 is 10.6 Å². The number of nitrogens with one attached hydrogen (secondary N) is 2. The Balaban J connectivity index is 1.92. The van der Waals surface area contributed by atoms with Gasteiger partial charge in [-0.05, 0) is 30.3 Å². The summed E-state index contributed by atoms with van der Waals surface area (Å²) in [5.41, 5.74) is 1.93. The lowest BCUT2D eigenvalue weighted by atomic mass is 10.3. The number of anilines is 2. The second-order valence-electron chi connectivity index (χ2n) is 4.92. The average Bonchev–Trinajstić information content (AvgIpc) is 3.00. The fourth-order valence-corrected chi connectivity index (χ4v) is 2.35. The first kappa shape index (κ1) is 15.8. The van der Waals surface area contributed by atoms with Crippen LogP contribution in [0.3, 0.4) is 0 Å². The highest BCUT2D eigenvalue weighted by Gasteiger charge is 2.14.